The van der Waals surface area contributed by atoms with Gasteiger partial charge in [0.2, 0.25) is 0 Å². The summed E-state index contributed by atoms with van der Waals surface area (Å²) < 4.78 is 0. The van der Waals surface area contributed by atoms with E-state index in [-0.39, 0.29) is 11.8 Å². The number of hydrogen-bond donors (Lipinski definition) is 2. The van der Waals surface area contributed by atoms with Crippen LogP contribution in [-0.4, -0.2) is 23.7 Å². The van der Waals surface area contributed by atoms with Gasteiger partial charge in [-0.3, -0.25) is 4.79 Å². The van der Waals surface area contributed by atoms with Crippen molar-refractivity contribution in [3.63, 3.8) is 0 Å². The third-order valence-corrected chi connectivity index (χ3v) is 3.39. The van der Waals surface area contributed by atoms with Crippen molar-refractivity contribution in [2.75, 3.05) is 6.54 Å². The minimum absolute atomic E-state index is 0.129. The van der Waals surface area contributed by atoms with E-state index in [1.807, 2.05) is 33.8 Å². The zero-order valence-corrected chi connectivity index (χ0v) is 12.5. The van der Waals surface area contributed by atoms with Gasteiger partial charge >= 0.3 is 0 Å². The van der Waals surface area contributed by atoms with Crippen LogP contribution < -0.4 is 5.32 Å². The molecule has 20 heavy (non-hydrogen) atoms. The molecule has 1 unspecified atom stereocenters. The Hall–Kier alpha value is -1.86. The average Bonchev–Trinajstić information content (AvgIpc) is 2.43. The smallest absolute Gasteiger partial charge is 0.251 e. The monoisotopic (exact) mass is 274 g/mol. The molecule has 1 aromatic rings. The highest BCUT2D eigenvalue weighted by atomic mass is 16.3. The van der Waals surface area contributed by atoms with Crippen LogP contribution in [0.15, 0.2) is 24.3 Å². The molecule has 1 rings (SSSR count). The molecular weight excluding hydrogens is 252 g/mol. The number of rotatable bonds is 5. The fraction of sp³-hybridized carbons (Fsp3) is 0.500. The molecular formula is C16H22N2O2. The summed E-state index contributed by atoms with van der Waals surface area (Å²) in [7, 11) is 0. The molecule has 0 saturated heterocycles. The first-order valence-electron chi connectivity index (χ1n) is 6.74. The second kappa shape index (κ2) is 6.53. The molecule has 4 heteroatoms. The number of aliphatic hydroxyl groups excluding tert-OH is 1. The third kappa shape index (κ3) is 4.07. The van der Waals surface area contributed by atoms with Crippen LogP contribution in [0.2, 0.25) is 0 Å². The summed E-state index contributed by atoms with van der Waals surface area (Å²) in [5.74, 6) is -0.102. The van der Waals surface area contributed by atoms with Gasteiger partial charge in [-0.15, -0.1) is 0 Å². The van der Waals surface area contributed by atoms with Crippen LogP contribution in [0.3, 0.4) is 0 Å². The van der Waals surface area contributed by atoms with Gasteiger partial charge in [-0.1, -0.05) is 33.8 Å². The summed E-state index contributed by atoms with van der Waals surface area (Å²) >= 11 is 0. The molecule has 1 atom stereocenters. The number of nitrogens with zero attached hydrogens (tertiary/aromatic N) is 1. The van der Waals surface area contributed by atoms with Gasteiger partial charge in [0.1, 0.15) is 0 Å². The SMILES string of the molecule is CC(C)C(O)C(C)(C)CNC(=O)c1cccc(C#N)c1. The number of nitrogens with one attached hydrogen (secondary N) is 1. The maximum Gasteiger partial charge on any atom is 0.251 e. The highest BCUT2D eigenvalue weighted by molar-refractivity contribution is 5.94. The maximum atomic E-state index is 12.0. The summed E-state index contributed by atoms with van der Waals surface area (Å²) in [6.07, 6.45) is -0.492. The Morgan fingerprint density at radius 3 is 2.65 bits per heavy atom. The molecule has 2 N–H and O–H groups in total. The van der Waals surface area contributed by atoms with Gasteiger partial charge in [0, 0.05) is 17.5 Å². The molecule has 0 spiro atoms. The van der Waals surface area contributed by atoms with E-state index in [4.69, 9.17) is 5.26 Å². The molecule has 0 aliphatic rings. The minimum Gasteiger partial charge on any atom is -0.392 e. The van der Waals surface area contributed by atoms with Crippen molar-refractivity contribution < 1.29 is 9.90 Å². The van der Waals surface area contributed by atoms with E-state index < -0.39 is 11.5 Å². The van der Waals surface area contributed by atoms with Crippen molar-refractivity contribution in [2.45, 2.75) is 33.8 Å². The molecule has 0 aliphatic heterocycles. The van der Waals surface area contributed by atoms with Crippen molar-refractivity contribution in [1.82, 2.24) is 5.32 Å². The van der Waals surface area contributed by atoms with Crippen LogP contribution in [0.4, 0.5) is 0 Å². The largest absolute Gasteiger partial charge is 0.392 e. The number of benzene rings is 1. The van der Waals surface area contributed by atoms with Gasteiger partial charge in [0.05, 0.1) is 17.7 Å². The highest BCUT2D eigenvalue weighted by Crippen LogP contribution is 2.25. The predicted molar refractivity (Wildman–Crippen MR) is 78.1 cm³/mol. The molecule has 4 nitrogen and oxygen atoms in total. The van der Waals surface area contributed by atoms with Crippen molar-refractivity contribution in [1.29, 1.82) is 5.26 Å². The first-order valence-corrected chi connectivity index (χ1v) is 6.74. The fourth-order valence-corrected chi connectivity index (χ4v) is 2.15. The molecule has 108 valence electrons. The Balaban J connectivity index is 2.70. The maximum absolute atomic E-state index is 12.0. The summed E-state index contributed by atoms with van der Waals surface area (Å²) in [6.45, 7) is 8.12. The lowest BCUT2D eigenvalue weighted by Crippen LogP contribution is -2.43. The van der Waals surface area contributed by atoms with Crippen LogP contribution in [-0.2, 0) is 0 Å². The van der Waals surface area contributed by atoms with E-state index >= 15 is 0 Å². The fourth-order valence-electron chi connectivity index (χ4n) is 2.15. The van der Waals surface area contributed by atoms with Gasteiger partial charge in [0.15, 0.2) is 0 Å². The Morgan fingerprint density at radius 1 is 1.45 bits per heavy atom. The van der Waals surface area contributed by atoms with E-state index in [0.717, 1.165) is 0 Å². The number of carbonyl (C=O) groups excluding carboxylic acids is 1. The van der Waals surface area contributed by atoms with Crippen LogP contribution >= 0.6 is 0 Å². The molecule has 0 saturated carbocycles. The minimum atomic E-state index is -0.492. The van der Waals surface area contributed by atoms with E-state index in [0.29, 0.717) is 17.7 Å². The second-order valence-electron chi connectivity index (χ2n) is 6.05. The molecule has 0 fully saturated rings. The summed E-state index contributed by atoms with van der Waals surface area (Å²) in [5.41, 5.74) is 0.509. The van der Waals surface area contributed by atoms with Crippen molar-refractivity contribution >= 4 is 5.91 Å². The standard InChI is InChI=1S/C16H22N2O2/c1-11(2)14(19)16(3,4)10-18-15(20)13-7-5-6-12(8-13)9-17/h5-8,11,14,19H,10H2,1-4H3,(H,18,20). The van der Waals surface area contributed by atoms with Crippen LogP contribution in [0.1, 0.15) is 43.6 Å². The Morgan fingerprint density at radius 2 is 2.10 bits per heavy atom. The van der Waals surface area contributed by atoms with E-state index in [2.05, 4.69) is 5.32 Å². The number of amides is 1. The van der Waals surface area contributed by atoms with Crippen molar-refractivity contribution in [3.05, 3.63) is 35.4 Å². The van der Waals surface area contributed by atoms with Gasteiger partial charge in [0.25, 0.3) is 5.91 Å². The predicted octanol–water partition coefficient (Wildman–Crippen LogP) is 2.33. The Kier molecular flexibility index (Phi) is 5.29. The Labute approximate surface area is 120 Å². The molecule has 1 amide bonds. The van der Waals surface area contributed by atoms with Crippen LogP contribution in [0, 0.1) is 22.7 Å². The van der Waals surface area contributed by atoms with E-state index in [1.165, 1.54) is 0 Å². The lowest BCUT2D eigenvalue weighted by molar-refractivity contribution is 0.0138. The Bertz CT molecular complexity index is 515. The molecule has 1 aromatic carbocycles. The third-order valence-electron chi connectivity index (χ3n) is 3.39. The molecule has 0 aromatic heterocycles. The van der Waals surface area contributed by atoms with Crippen molar-refractivity contribution in [2.24, 2.45) is 11.3 Å². The number of nitriles is 1. The lowest BCUT2D eigenvalue weighted by Gasteiger charge is -2.33. The summed E-state index contributed by atoms with van der Waals surface area (Å²) in [6, 6.07) is 8.57. The number of carbonyl (C=O) groups is 1. The first kappa shape index (κ1) is 16.2. The molecule has 0 aliphatic carbocycles. The summed E-state index contributed by atoms with van der Waals surface area (Å²) in [4.78, 5) is 12.0. The van der Waals surface area contributed by atoms with Gasteiger partial charge in [-0.2, -0.15) is 5.26 Å². The van der Waals surface area contributed by atoms with Crippen LogP contribution in [0.25, 0.3) is 0 Å². The number of hydrogen-bond acceptors (Lipinski definition) is 3. The quantitative estimate of drug-likeness (QED) is 0.865. The zero-order valence-electron chi connectivity index (χ0n) is 12.5. The van der Waals surface area contributed by atoms with Crippen molar-refractivity contribution in [3.8, 4) is 6.07 Å². The molecule has 0 heterocycles. The zero-order chi connectivity index (χ0) is 15.3. The lowest BCUT2D eigenvalue weighted by atomic mass is 9.80. The first-order chi connectivity index (χ1) is 9.27. The summed E-state index contributed by atoms with van der Waals surface area (Å²) in [5, 5.41) is 21.8. The molecule has 0 radical (unpaired) electrons. The number of aliphatic hydroxyl groups is 1. The topological polar surface area (TPSA) is 73.1 Å². The highest BCUT2D eigenvalue weighted by Gasteiger charge is 2.30. The van der Waals surface area contributed by atoms with Gasteiger partial charge in [-0.25, -0.2) is 0 Å². The van der Waals surface area contributed by atoms with Gasteiger partial charge < -0.3 is 10.4 Å². The van der Waals surface area contributed by atoms with Crippen LogP contribution in [0.5, 0.6) is 0 Å². The van der Waals surface area contributed by atoms with Gasteiger partial charge in [-0.05, 0) is 24.1 Å². The molecule has 0 bridgehead atoms. The normalized spacial score (nSPS) is 12.8. The van der Waals surface area contributed by atoms with E-state index in [9.17, 15) is 9.90 Å². The second-order valence-corrected chi connectivity index (χ2v) is 6.05. The average molecular weight is 274 g/mol. The van der Waals surface area contributed by atoms with E-state index in [1.54, 1.807) is 24.3 Å².